The van der Waals surface area contributed by atoms with Gasteiger partial charge in [0.25, 0.3) is 0 Å². The lowest BCUT2D eigenvalue weighted by molar-refractivity contribution is 0.0595. The Hall–Kier alpha value is -2.36. The van der Waals surface area contributed by atoms with Crippen LogP contribution in [-0.4, -0.2) is 22.9 Å². The van der Waals surface area contributed by atoms with Gasteiger partial charge in [-0.15, -0.1) is 0 Å². The van der Waals surface area contributed by atoms with Crippen LogP contribution in [0.1, 0.15) is 23.3 Å². The van der Waals surface area contributed by atoms with Crippen LogP contribution in [0.25, 0.3) is 16.6 Å². The zero-order valence-electron chi connectivity index (χ0n) is 10.7. The maximum atomic E-state index is 11.8. The molecule has 1 aliphatic carbocycles. The lowest BCUT2D eigenvalue weighted by atomic mass is 10.1. The molecular weight excluding hydrogens is 240 g/mol. The van der Waals surface area contributed by atoms with Gasteiger partial charge in [-0.1, -0.05) is 30.4 Å². The highest BCUT2D eigenvalue weighted by Gasteiger charge is 2.18. The molecule has 0 unspecified atom stereocenters. The molecule has 0 saturated carbocycles. The van der Waals surface area contributed by atoms with Gasteiger partial charge < -0.3 is 4.74 Å². The van der Waals surface area contributed by atoms with Crippen LogP contribution < -0.4 is 0 Å². The Morgan fingerprint density at radius 3 is 2.89 bits per heavy atom. The van der Waals surface area contributed by atoms with E-state index in [1.807, 2.05) is 30.3 Å². The van der Waals surface area contributed by atoms with E-state index in [4.69, 9.17) is 4.74 Å². The molecule has 2 aromatic rings. The van der Waals surface area contributed by atoms with Gasteiger partial charge in [-0.05, 0) is 25.0 Å². The average molecular weight is 254 g/mol. The molecule has 0 spiro atoms. The fraction of sp³-hybridized carbons (Fsp3) is 0.200. The number of para-hydroxylation sites is 1. The first-order valence-electron chi connectivity index (χ1n) is 6.24. The van der Waals surface area contributed by atoms with Crippen molar-refractivity contribution in [3.63, 3.8) is 0 Å². The lowest BCUT2D eigenvalue weighted by Crippen LogP contribution is -2.05. The maximum Gasteiger partial charge on any atom is 0.359 e. The summed E-state index contributed by atoms with van der Waals surface area (Å²) in [5, 5.41) is 5.22. The molecule has 4 nitrogen and oxygen atoms in total. The van der Waals surface area contributed by atoms with Crippen molar-refractivity contribution < 1.29 is 9.53 Å². The highest BCUT2D eigenvalue weighted by atomic mass is 16.5. The van der Waals surface area contributed by atoms with E-state index in [-0.39, 0.29) is 0 Å². The van der Waals surface area contributed by atoms with Crippen LogP contribution in [-0.2, 0) is 4.74 Å². The summed E-state index contributed by atoms with van der Waals surface area (Å²) in [5.74, 6) is -0.407. The van der Waals surface area contributed by atoms with E-state index in [0.717, 1.165) is 29.4 Å². The normalized spacial score (nSPS) is 14.5. The van der Waals surface area contributed by atoms with Crippen LogP contribution in [0.5, 0.6) is 0 Å². The third kappa shape index (κ3) is 1.95. The molecule has 0 atom stereocenters. The molecule has 0 bridgehead atoms. The van der Waals surface area contributed by atoms with Gasteiger partial charge >= 0.3 is 5.97 Å². The van der Waals surface area contributed by atoms with Gasteiger partial charge in [-0.2, -0.15) is 5.10 Å². The first-order chi connectivity index (χ1) is 9.31. The quantitative estimate of drug-likeness (QED) is 0.774. The molecule has 1 heterocycles. The Morgan fingerprint density at radius 1 is 1.32 bits per heavy atom. The highest BCUT2D eigenvalue weighted by molar-refractivity contribution is 6.03. The Bertz CT molecular complexity index is 695. The molecule has 3 rings (SSSR count). The van der Waals surface area contributed by atoms with Gasteiger partial charge in [0.1, 0.15) is 0 Å². The van der Waals surface area contributed by atoms with Crippen molar-refractivity contribution in [3.8, 4) is 0 Å². The fourth-order valence-corrected chi connectivity index (χ4v) is 2.27. The van der Waals surface area contributed by atoms with Gasteiger partial charge in [0.05, 0.1) is 18.3 Å². The Balaban J connectivity index is 2.23. The Labute approximate surface area is 111 Å². The summed E-state index contributed by atoms with van der Waals surface area (Å²) in [7, 11) is 1.37. The maximum absolute atomic E-state index is 11.8. The van der Waals surface area contributed by atoms with Crippen molar-refractivity contribution in [2.75, 3.05) is 7.11 Å². The number of ether oxygens (including phenoxy) is 1. The number of benzene rings is 1. The SMILES string of the molecule is COC(=O)c1nn(C2=CCCC=C2)c2ccccc12. The number of rotatable bonds is 2. The first kappa shape index (κ1) is 11.7. The van der Waals surface area contributed by atoms with Crippen molar-refractivity contribution in [2.24, 2.45) is 0 Å². The number of hydrogen-bond acceptors (Lipinski definition) is 3. The van der Waals surface area contributed by atoms with E-state index in [0.29, 0.717) is 5.69 Å². The Morgan fingerprint density at radius 2 is 2.16 bits per heavy atom. The molecule has 96 valence electrons. The van der Waals surface area contributed by atoms with Crippen LogP contribution in [0.4, 0.5) is 0 Å². The minimum atomic E-state index is -0.407. The molecule has 1 aliphatic rings. The number of carbonyl (C=O) groups is 1. The third-order valence-corrected chi connectivity index (χ3v) is 3.19. The van der Waals surface area contributed by atoms with Crippen molar-refractivity contribution in [3.05, 3.63) is 48.2 Å². The van der Waals surface area contributed by atoms with E-state index in [1.165, 1.54) is 7.11 Å². The minimum absolute atomic E-state index is 0.359. The number of esters is 1. The van der Waals surface area contributed by atoms with E-state index >= 15 is 0 Å². The molecule has 0 saturated heterocycles. The standard InChI is InChI=1S/C15H14N2O2/c1-19-15(18)14-12-9-5-6-10-13(12)17(16-14)11-7-3-2-4-8-11/h3,5-10H,2,4H2,1H3. The molecule has 0 fully saturated rings. The largest absolute Gasteiger partial charge is 0.464 e. The zero-order valence-corrected chi connectivity index (χ0v) is 10.7. The number of allylic oxidation sites excluding steroid dienone is 4. The minimum Gasteiger partial charge on any atom is -0.464 e. The third-order valence-electron chi connectivity index (χ3n) is 3.19. The van der Waals surface area contributed by atoms with Crippen LogP contribution in [0.15, 0.2) is 42.5 Å². The summed E-state index contributed by atoms with van der Waals surface area (Å²) >= 11 is 0. The molecule has 4 heteroatoms. The second-order valence-electron chi connectivity index (χ2n) is 4.38. The molecular formula is C15H14N2O2. The zero-order chi connectivity index (χ0) is 13.2. The number of methoxy groups -OCH3 is 1. The van der Waals surface area contributed by atoms with E-state index in [2.05, 4.69) is 17.3 Å². The summed E-state index contributed by atoms with van der Waals surface area (Å²) in [6.07, 6.45) is 8.31. The van der Waals surface area contributed by atoms with Gasteiger partial charge in [0.2, 0.25) is 0 Å². The summed E-state index contributed by atoms with van der Waals surface area (Å²) < 4.78 is 6.60. The predicted octanol–water partition coefficient (Wildman–Crippen LogP) is 3.01. The van der Waals surface area contributed by atoms with Gasteiger partial charge in [-0.3, -0.25) is 0 Å². The molecule has 1 aromatic heterocycles. The van der Waals surface area contributed by atoms with E-state index in [9.17, 15) is 4.79 Å². The van der Waals surface area contributed by atoms with Crippen molar-refractivity contribution in [1.29, 1.82) is 0 Å². The second-order valence-corrected chi connectivity index (χ2v) is 4.38. The number of fused-ring (bicyclic) bond motifs is 1. The summed E-state index contributed by atoms with van der Waals surface area (Å²) in [6.45, 7) is 0. The van der Waals surface area contributed by atoms with E-state index < -0.39 is 5.97 Å². The monoisotopic (exact) mass is 254 g/mol. The summed E-state index contributed by atoms with van der Waals surface area (Å²) in [4.78, 5) is 11.8. The molecule has 19 heavy (non-hydrogen) atoms. The smallest absolute Gasteiger partial charge is 0.359 e. The van der Waals surface area contributed by atoms with Crippen molar-refractivity contribution in [2.45, 2.75) is 12.8 Å². The van der Waals surface area contributed by atoms with Crippen LogP contribution >= 0.6 is 0 Å². The van der Waals surface area contributed by atoms with Crippen LogP contribution in [0.2, 0.25) is 0 Å². The number of carbonyl (C=O) groups excluding carboxylic acids is 1. The fourth-order valence-electron chi connectivity index (χ4n) is 2.27. The predicted molar refractivity (Wildman–Crippen MR) is 73.7 cm³/mol. The summed E-state index contributed by atoms with van der Waals surface area (Å²) in [5.41, 5.74) is 2.27. The van der Waals surface area contributed by atoms with E-state index in [1.54, 1.807) is 4.68 Å². The van der Waals surface area contributed by atoms with Crippen molar-refractivity contribution in [1.82, 2.24) is 9.78 Å². The average Bonchev–Trinajstić information content (AvgIpc) is 2.87. The van der Waals surface area contributed by atoms with Gasteiger partial charge in [-0.25, -0.2) is 9.48 Å². The topological polar surface area (TPSA) is 44.1 Å². The van der Waals surface area contributed by atoms with Crippen LogP contribution in [0.3, 0.4) is 0 Å². The van der Waals surface area contributed by atoms with Crippen LogP contribution in [0, 0.1) is 0 Å². The first-order valence-corrected chi connectivity index (χ1v) is 6.24. The number of nitrogens with zero attached hydrogens (tertiary/aromatic N) is 2. The van der Waals surface area contributed by atoms with Crippen molar-refractivity contribution >= 4 is 22.6 Å². The van der Waals surface area contributed by atoms with Gasteiger partial charge in [0, 0.05) is 5.39 Å². The molecule has 0 amide bonds. The molecule has 0 radical (unpaired) electrons. The number of aromatic nitrogens is 2. The number of hydrogen-bond donors (Lipinski definition) is 0. The van der Waals surface area contributed by atoms with Gasteiger partial charge in [0.15, 0.2) is 5.69 Å². The highest BCUT2D eigenvalue weighted by Crippen LogP contribution is 2.24. The molecule has 0 aliphatic heterocycles. The lowest BCUT2D eigenvalue weighted by Gasteiger charge is -2.07. The Kier molecular flexibility index (Phi) is 2.91. The second kappa shape index (κ2) is 4.72. The molecule has 1 aromatic carbocycles. The molecule has 0 N–H and O–H groups in total. The summed E-state index contributed by atoms with van der Waals surface area (Å²) in [6, 6.07) is 7.68.